The van der Waals surface area contributed by atoms with Crippen molar-refractivity contribution >= 4 is 17.3 Å². The van der Waals surface area contributed by atoms with E-state index in [0.29, 0.717) is 19.4 Å². The van der Waals surface area contributed by atoms with Crippen LogP contribution in [0.4, 0.5) is 5.69 Å². The number of rotatable bonds is 0. The third-order valence-electron chi connectivity index (χ3n) is 3.67. The molecule has 0 atom stereocenters. The lowest BCUT2D eigenvalue weighted by molar-refractivity contribution is 0.0932. The molecule has 2 heterocycles. The van der Waals surface area contributed by atoms with Gasteiger partial charge in [-0.1, -0.05) is 24.3 Å². The van der Waals surface area contributed by atoms with Crippen LogP contribution in [0, 0.1) is 0 Å². The fraction of sp³-hybridized carbons (Fsp3) is 0.222. The van der Waals surface area contributed by atoms with Gasteiger partial charge in [-0.2, -0.15) is 0 Å². The molecule has 0 aromatic heterocycles. The third-order valence-corrected chi connectivity index (χ3v) is 3.67. The van der Waals surface area contributed by atoms with E-state index in [1.165, 1.54) is 0 Å². The zero-order valence-corrected chi connectivity index (χ0v) is 12.2. The number of hydrogen-bond donors (Lipinski definition) is 1. The van der Waals surface area contributed by atoms with Crippen LogP contribution in [0.2, 0.25) is 0 Å². The molecule has 0 spiro atoms. The number of para-hydroxylation sites is 2. The second-order valence-corrected chi connectivity index (χ2v) is 5.16. The van der Waals surface area contributed by atoms with Gasteiger partial charge in [0, 0.05) is 30.6 Å². The van der Waals surface area contributed by atoms with E-state index < -0.39 is 0 Å². The monoisotopic (exact) mass is 295 g/mol. The number of benzene rings is 2. The minimum atomic E-state index is 0.187. The lowest BCUT2D eigenvalue weighted by Crippen LogP contribution is -2.17. The number of anilines is 1. The van der Waals surface area contributed by atoms with Gasteiger partial charge in [0.15, 0.2) is 11.6 Å². The molecule has 2 aromatic carbocycles. The smallest absolute Gasteiger partial charge is 0.169 e. The Hall–Kier alpha value is -2.62. The molecule has 0 unspecified atom stereocenters. The highest BCUT2D eigenvalue weighted by atomic mass is 16.5. The van der Waals surface area contributed by atoms with Gasteiger partial charge in [0.2, 0.25) is 0 Å². The topological polar surface area (TPSA) is 55.4 Å². The summed E-state index contributed by atoms with van der Waals surface area (Å²) in [7, 11) is 0. The van der Waals surface area contributed by atoms with Gasteiger partial charge in [-0.3, -0.25) is 9.59 Å². The summed E-state index contributed by atoms with van der Waals surface area (Å²) in [6, 6.07) is 15.0. The number of ketones is 2. The van der Waals surface area contributed by atoms with Crippen LogP contribution in [-0.4, -0.2) is 24.7 Å². The Morgan fingerprint density at radius 2 is 1.50 bits per heavy atom. The first kappa shape index (κ1) is 14.3. The highest BCUT2D eigenvalue weighted by Gasteiger charge is 2.16. The van der Waals surface area contributed by atoms with Gasteiger partial charge < -0.3 is 10.1 Å². The number of fused-ring (bicyclic) bond motifs is 2. The lowest BCUT2D eigenvalue weighted by atomic mass is 10.0. The predicted molar refractivity (Wildman–Crippen MR) is 84.8 cm³/mol. The van der Waals surface area contributed by atoms with Crippen LogP contribution >= 0.6 is 0 Å². The number of carbonyl (C=O) groups is 2. The van der Waals surface area contributed by atoms with Crippen LogP contribution in [0.5, 0.6) is 5.75 Å². The van der Waals surface area contributed by atoms with E-state index in [4.69, 9.17) is 4.74 Å². The Kier molecular flexibility index (Phi) is 4.19. The van der Waals surface area contributed by atoms with E-state index >= 15 is 0 Å². The first-order chi connectivity index (χ1) is 10.8. The Labute approximate surface area is 129 Å². The summed E-state index contributed by atoms with van der Waals surface area (Å²) in [6.07, 6.45) is 1.13. The zero-order chi connectivity index (χ0) is 15.4. The molecule has 0 fully saturated rings. The summed E-state index contributed by atoms with van der Waals surface area (Å²) in [5.74, 6) is 1.16. The summed E-state index contributed by atoms with van der Waals surface area (Å²) >= 11 is 0. The molecular weight excluding hydrogens is 278 g/mol. The van der Waals surface area contributed by atoms with Crippen molar-refractivity contribution in [1.29, 1.82) is 0 Å². The van der Waals surface area contributed by atoms with Crippen LogP contribution in [0.25, 0.3) is 0 Å². The Balaban J connectivity index is 0.000000131. The van der Waals surface area contributed by atoms with Crippen molar-refractivity contribution < 1.29 is 14.3 Å². The van der Waals surface area contributed by atoms with E-state index in [1.54, 1.807) is 6.07 Å². The molecule has 2 aromatic rings. The van der Waals surface area contributed by atoms with E-state index in [2.05, 4.69) is 5.32 Å². The number of hydrogen-bond acceptors (Lipinski definition) is 4. The Morgan fingerprint density at radius 1 is 0.818 bits per heavy atom. The molecule has 0 saturated heterocycles. The van der Waals surface area contributed by atoms with Crippen molar-refractivity contribution in [3.05, 3.63) is 59.7 Å². The van der Waals surface area contributed by atoms with Crippen LogP contribution < -0.4 is 10.1 Å². The fourth-order valence-corrected chi connectivity index (χ4v) is 2.54. The molecule has 0 bridgehead atoms. The molecule has 0 saturated carbocycles. The van der Waals surface area contributed by atoms with Gasteiger partial charge in [0.05, 0.1) is 12.2 Å². The van der Waals surface area contributed by atoms with E-state index in [1.807, 2.05) is 42.5 Å². The number of ether oxygens (including phenoxy) is 1. The summed E-state index contributed by atoms with van der Waals surface area (Å²) < 4.78 is 5.27. The van der Waals surface area contributed by atoms with E-state index in [9.17, 15) is 9.59 Å². The second kappa shape index (κ2) is 6.43. The minimum absolute atomic E-state index is 0.187. The molecule has 112 valence electrons. The first-order valence-electron chi connectivity index (χ1n) is 7.37. The van der Waals surface area contributed by atoms with Crippen molar-refractivity contribution in [3.8, 4) is 5.75 Å². The maximum Gasteiger partial charge on any atom is 0.169 e. The predicted octanol–water partition coefficient (Wildman–Crippen LogP) is 3.34. The average molecular weight is 295 g/mol. The molecule has 4 heteroatoms. The van der Waals surface area contributed by atoms with E-state index in [-0.39, 0.29) is 11.6 Å². The van der Waals surface area contributed by atoms with Crippen LogP contribution in [0.1, 0.15) is 33.6 Å². The molecule has 4 rings (SSSR count). The van der Waals surface area contributed by atoms with Crippen molar-refractivity contribution in [2.45, 2.75) is 12.8 Å². The largest absolute Gasteiger partial charge is 0.492 e. The van der Waals surface area contributed by atoms with Crippen molar-refractivity contribution in [1.82, 2.24) is 0 Å². The fourth-order valence-electron chi connectivity index (χ4n) is 2.54. The Bertz CT molecular complexity index is 647. The molecule has 4 nitrogen and oxygen atoms in total. The molecule has 22 heavy (non-hydrogen) atoms. The van der Waals surface area contributed by atoms with Crippen molar-refractivity contribution in [3.63, 3.8) is 0 Å². The van der Waals surface area contributed by atoms with Crippen molar-refractivity contribution in [2.75, 3.05) is 18.5 Å². The quantitative estimate of drug-likeness (QED) is 0.810. The number of Topliss-reactive ketones (excluding diaryl/α,β-unsaturated/α-hetero) is 2. The van der Waals surface area contributed by atoms with Crippen LogP contribution in [-0.2, 0) is 0 Å². The first-order valence-corrected chi connectivity index (χ1v) is 7.37. The zero-order valence-electron chi connectivity index (χ0n) is 12.2. The molecule has 0 radical (unpaired) electrons. The van der Waals surface area contributed by atoms with Gasteiger partial charge in [-0.25, -0.2) is 0 Å². The number of carbonyl (C=O) groups excluding carboxylic acids is 2. The van der Waals surface area contributed by atoms with Crippen LogP contribution in [0.15, 0.2) is 48.5 Å². The van der Waals surface area contributed by atoms with Gasteiger partial charge in [0.1, 0.15) is 5.75 Å². The number of nitrogens with one attached hydrogen (secondary N) is 1. The summed E-state index contributed by atoms with van der Waals surface area (Å²) in [5, 5.41) is 3.17. The lowest BCUT2D eigenvalue weighted by Gasteiger charge is -2.15. The van der Waals surface area contributed by atoms with Crippen LogP contribution in [0.3, 0.4) is 0 Å². The molecule has 1 N–H and O–H groups in total. The summed E-state index contributed by atoms with van der Waals surface area (Å²) in [6.45, 7) is 1.30. The maximum atomic E-state index is 11.2. The van der Waals surface area contributed by atoms with Crippen molar-refractivity contribution in [2.24, 2.45) is 0 Å². The van der Waals surface area contributed by atoms with Gasteiger partial charge in [-0.05, 0) is 24.3 Å². The van der Waals surface area contributed by atoms with Gasteiger partial charge in [-0.15, -0.1) is 0 Å². The van der Waals surface area contributed by atoms with E-state index in [0.717, 1.165) is 29.1 Å². The minimum Gasteiger partial charge on any atom is -0.492 e. The molecule has 0 aliphatic carbocycles. The molecular formula is C18H17NO3. The molecule has 2 aliphatic heterocycles. The third kappa shape index (κ3) is 3.01. The normalized spacial score (nSPS) is 15.5. The van der Waals surface area contributed by atoms with Gasteiger partial charge >= 0.3 is 0 Å². The highest BCUT2D eigenvalue weighted by Crippen LogP contribution is 2.23. The average Bonchev–Trinajstić information content (AvgIpc) is 2.57. The summed E-state index contributed by atoms with van der Waals surface area (Å²) in [5.41, 5.74) is 2.53. The molecule has 2 aliphatic rings. The highest BCUT2D eigenvalue weighted by molar-refractivity contribution is 6.03. The molecule has 0 amide bonds. The summed E-state index contributed by atoms with van der Waals surface area (Å²) in [4.78, 5) is 22.5. The standard InChI is InChI=1S/C9H9NO.C9H8O2/c11-9-5-6-10-8-4-2-1-3-7(8)9;10-8-5-6-11-9-4-2-1-3-7(8)9/h1-4,10H,5-6H2;1-4H,5-6H2. The SMILES string of the molecule is O=C1CCNc2ccccc21.O=C1CCOc2ccccc21. The second-order valence-electron chi connectivity index (χ2n) is 5.16. The van der Waals surface area contributed by atoms with Gasteiger partial charge in [0.25, 0.3) is 0 Å². The maximum absolute atomic E-state index is 11.2. The Morgan fingerprint density at radius 3 is 2.27 bits per heavy atom.